The summed E-state index contributed by atoms with van der Waals surface area (Å²) >= 11 is 1.22. The molecule has 1 aliphatic heterocycles. The SMILES string of the molecule is CCOC(=O)C1=C(c2ccccc2)N=c2s/c(=C\c3ccccc3OCc3ccc(C(=O)OCC)cc3)c(=O)n2[C@H]1c1ccc(OC)c(OC)c1. The summed E-state index contributed by atoms with van der Waals surface area (Å²) in [6.45, 7) is 4.17. The van der Waals surface area contributed by atoms with Crippen molar-refractivity contribution in [3.63, 3.8) is 0 Å². The third kappa shape index (κ3) is 7.34. The highest BCUT2D eigenvalue weighted by atomic mass is 32.1. The quantitative estimate of drug-likeness (QED) is 0.152. The Morgan fingerprint density at radius 3 is 2.20 bits per heavy atom. The van der Waals surface area contributed by atoms with Crippen molar-refractivity contribution < 1.29 is 33.3 Å². The monoisotopic (exact) mass is 704 g/mol. The Morgan fingerprint density at radius 1 is 0.804 bits per heavy atom. The first-order valence-corrected chi connectivity index (χ1v) is 17.2. The molecule has 10 nitrogen and oxygen atoms in total. The van der Waals surface area contributed by atoms with Crippen LogP contribution in [0.1, 0.15) is 52.5 Å². The van der Waals surface area contributed by atoms with Crippen LogP contribution < -0.4 is 29.1 Å². The van der Waals surface area contributed by atoms with Crippen molar-refractivity contribution in [3.8, 4) is 17.2 Å². The summed E-state index contributed by atoms with van der Waals surface area (Å²) in [6, 6.07) is 28.2. The average molecular weight is 705 g/mol. The molecule has 0 saturated carbocycles. The van der Waals surface area contributed by atoms with E-state index < -0.39 is 12.0 Å². The van der Waals surface area contributed by atoms with E-state index in [1.165, 1.54) is 23.0 Å². The molecule has 1 aromatic heterocycles. The van der Waals surface area contributed by atoms with E-state index in [1.807, 2.05) is 66.7 Å². The van der Waals surface area contributed by atoms with Crippen LogP contribution in [0.15, 0.2) is 112 Å². The molecule has 1 atom stereocenters. The molecular weight excluding hydrogens is 669 g/mol. The Bertz CT molecular complexity index is 2270. The van der Waals surface area contributed by atoms with Gasteiger partial charge in [-0.2, -0.15) is 0 Å². The first kappa shape index (κ1) is 34.9. The standard InChI is InChI=1S/C40H36N2O8S/c1-5-48-38(44)27-18-16-25(17-19-27)24-50-30-15-11-10-14-28(30)23-33-37(43)42-36(29-20-21-31(46-3)32(22-29)47-4)34(39(45)49-6-2)35(41-40(42)51-33)26-12-8-7-9-13-26/h7-23,36H,5-6,24H2,1-4H3/b33-23-/t36-/m0/s1. The lowest BCUT2D eigenvalue weighted by atomic mass is 9.93. The van der Waals surface area contributed by atoms with Crippen LogP contribution in [-0.2, 0) is 20.9 Å². The highest BCUT2D eigenvalue weighted by molar-refractivity contribution is 7.07. The normalized spacial score (nSPS) is 14.0. The second kappa shape index (κ2) is 15.7. The second-order valence-corrected chi connectivity index (χ2v) is 12.3. The molecule has 0 fully saturated rings. The van der Waals surface area contributed by atoms with Crippen LogP contribution in [0.2, 0.25) is 0 Å². The first-order valence-electron chi connectivity index (χ1n) is 16.3. The fourth-order valence-corrected chi connectivity index (χ4v) is 6.76. The van der Waals surface area contributed by atoms with Crippen molar-refractivity contribution in [2.24, 2.45) is 4.99 Å². The number of esters is 2. The third-order valence-corrected chi connectivity index (χ3v) is 9.14. The largest absolute Gasteiger partial charge is 0.493 e. The van der Waals surface area contributed by atoms with Crippen LogP contribution >= 0.6 is 11.3 Å². The fourth-order valence-electron chi connectivity index (χ4n) is 5.76. The zero-order chi connectivity index (χ0) is 35.9. The number of nitrogens with zero attached hydrogens (tertiary/aromatic N) is 2. The molecule has 6 rings (SSSR count). The number of carbonyl (C=O) groups is 2. The van der Waals surface area contributed by atoms with Gasteiger partial charge in [0.25, 0.3) is 5.56 Å². The molecule has 2 heterocycles. The minimum atomic E-state index is -0.887. The number of methoxy groups -OCH3 is 2. The number of benzene rings is 4. The molecule has 51 heavy (non-hydrogen) atoms. The van der Waals surface area contributed by atoms with Gasteiger partial charge in [0.05, 0.1) is 54.8 Å². The molecular formula is C40H36N2O8S. The molecule has 0 amide bonds. The topological polar surface area (TPSA) is 115 Å². The van der Waals surface area contributed by atoms with Crippen LogP contribution in [0, 0.1) is 0 Å². The van der Waals surface area contributed by atoms with Crippen LogP contribution in [0.25, 0.3) is 11.8 Å². The summed E-state index contributed by atoms with van der Waals surface area (Å²) in [4.78, 5) is 45.7. The van der Waals surface area contributed by atoms with E-state index in [-0.39, 0.29) is 30.3 Å². The Hall–Kier alpha value is -5.94. The number of para-hydroxylation sites is 1. The zero-order valence-electron chi connectivity index (χ0n) is 28.6. The summed E-state index contributed by atoms with van der Waals surface area (Å²) < 4.78 is 29.9. The predicted octanol–water partition coefficient (Wildman–Crippen LogP) is 5.71. The lowest BCUT2D eigenvalue weighted by molar-refractivity contribution is -0.138. The van der Waals surface area contributed by atoms with Crippen molar-refractivity contribution in [1.29, 1.82) is 0 Å². The second-order valence-electron chi connectivity index (χ2n) is 11.3. The predicted molar refractivity (Wildman–Crippen MR) is 194 cm³/mol. The van der Waals surface area contributed by atoms with Gasteiger partial charge in [-0.3, -0.25) is 9.36 Å². The highest BCUT2D eigenvalue weighted by Gasteiger charge is 2.35. The van der Waals surface area contributed by atoms with Gasteiger partial charge in [-0.25, -0.2) is 14.6 Å². The number of fused-ring (bicyclic) bond motifs is 1. The summed E-state index contributed by atoms with van der Waals surface area (Å²) in [6.07, 6.45) is 1.77. The minimum absolute atomic E-state index is 0.139. The third-order valence-electron chi connectivity index (χ3n) is 8.16. The minimum Gasteiger partial charge on any atom is -0.493 e. The van der Waals surface area contributed by atoms with Gasteiger partial charge < -0.3 is 23.7 Å². The van der Waals surface area contributed by atoms with E-state index in [0.717, 1.165) is 5.56 Å². The van der Waals surface area contributed by atoms with Gasteiger partial charge in [-0.15, -0.1) is 0 Å². The highest BCUT2D eigenvalue weighted by Crippen LogP contribution is 2.38. The smallest absolute Gasteiger partial charge is 0.338 e. The van der Waals surface area contributed by atoms with Crippen LogP contribution in [0.5, 0.6) is 17.2 Å². The Morgan fingerprint density at radius 2 is 1.49 bits per heavy atom. The molecule has 0 bridgehead atoms. The number of ether oxygens (including phenoxy) is 5. The molecule has 0 radical (unpaired) electrons. The summed E-state index contributed by atoms with van der Waals surface area (Å²) in [5.41, 5.74) is 3.63. The Kier molecular flexibility index (Phi) is 10.8. The number of rotatable bonds is 12. The Balaban J connectivity index is 1.46. The van der Waals surface area contributed by atoms with E-state index in [4.69, 9.17) is 28.7 Å². The number of thiazole rings is 1. The first-order chi connectivity index (χ1) is 24.9. The van der Waals surface area contributed by atoms with Gasteiger partial charge in [-0.05, 0) is 61.4 Å². The van der Waals surface area contributed by atoms with Gasteiger partial charge >= 0.3 is 11.9 Å². The van der Waals surface area contributed by atoms with Gasteiger partial charge in [0.1, 0.15) is 12.4 Å². The Labute approximate surface area is 298 Å². The molecule has 5 aromatic rings. The lowest BCUT2D eigenvalue weighted by Crippen LogP contribution is -2.40. The molecule has 260 valence electrons. The van der Waals surface area contributed by atoms with E-state index in [9.17, 15) is 14.4 Å². The fraction of sp³-hybridized carbons (Fsp3) is 0.200. The lowest BCUT2D eigenvalue weighted by Gasteiger charge is -2.26. The van der Waals surface area contributed by atoms with Crippen LogP contribution in [-0.4, -0.2) is 43.9 Å². The molecule has 0 aliphatic carbocycles. The van der Waals surface area contributed by atoms with Crippen molar-refractivity contribution >= 4 is 35.0 Å². The van der Waals surface area contributed by atoms with E-state index in [2.05, 4.69) is 0 Å². The van der Waals surface area contributed by atoms with Crippen molar-refractivity contribution in [2.75, 3.05) is 27.4 Å². The van der Waals surface area contributed by atoms with Crippen LogP contribution in [0.4, 0.5) is 0 Å². The zero-order valence-corrected chi connectivity index (χ0v) is 29.4. The molecule has 4 aromatic carbocycles. The van der Waals surface area contributed by atoms with Gasteiger partial charge in [0.2, 0.25) is 0 Å². The number of hydrogen-bond donors (Lipinski definition) is 0. The van der Waals surface area contributed by atoms with Gasteiger partial charge in [0, 0.05) is 11.1 Å². The number of aromatic nitrogens is 1. The maximum Gasteiger partial charge on any atom is 0.338 e. The van der Waals surface area contributed by atoms with Crippen molar-refractivity contribution in [1.82, 2.24) is 4.57 Å². The molecule has 0 spiro atoms. The molecule has 11 heteroatoms. The summed E-state index contributed by atoms with van der Waals surface area (Å²) in [5, 5.41) is 0. The number of hydrogen-bond acceptors (Lipinski definition) is 10. The van der Waals surface area contributed by atoms with Crippen molar-refractivity contribution in [2.45, 2.75) is 26.5 Å². The molecule has 0 N–H and O–H groups in total. The van der Waals surface area contributed by atoms with Crippen molar-refractivity contribution in [3.05, 3.63) is 150 Å². The van der Waals surface area contributed by atoms with E-state index >= 15 is 0 Å². The average Bonchev–Trinajstić information content (AvgIpc) is 3.47. The van der Waals surface area contributed by atoms with Crippen LogP contribution in [0.3, 0.4) is 0 Å². The van der Waals surface area contributed by atoms with Gasteiger partial charge in [-0.1, -0.05) is 78.1 Å². The maximum atomic E-state index is 14.4. The molecule has 0 saturated heterocycles. The van der Waals surface area contributed by atoms with E-state index in [1.54, 1.807) is 57.4 Å². The van der Waals surface area contributed by atoms with E-state index in [0.29, 0.717) is 61.1 Å². The molecule has 1 aliphatic rings. The maximum absolute atomic E-state index is 14.4. The van der Waals surface area contributed by atoms with Gasteiger partial charge in [0.15, 0.2) is 16.3 Å². The summed E-state index contributed by atoms with van der Waals surface area (Å²) in [7, 11) is 3.07. The molecule has 0 unspecified atom stereocenters. The summed E-state index contributed by atoms with van der Waals surface area (Å²) in [5.74, 6) is 0.551. The number of carbonyl (C=O) groups excluding carboxylic acids is 2.